The number of nitrogens with one attached hydrogen (secondary N) is 1. The number of aryl methyl sites for hydroxylation is 2. The smallest absolute Gasteiger partial charge is 0.309 e. The first kappa shape index (κ1) is 32.6. The molecule has 0 saturated carbocycles. The molecule has 1 fully saturated rings. The van der Waals surface area contributed by atoms with Crippen LogP contribution in [0.4, 0.5) is 5.69 Å². The number of rotatable bonds is 12. The molecule has 2 heterocycles. The lowest BCUT2D eigenvalue weighted by Crippen LogP contribution is -2.35. The van der Waals surface area contributed by atoms with Gasteiger partial charge in [-0.25, -0.2) is 0 Å². The highest BCUT2D eigenvalue weighted by molar-refractivity contribution is 6.30. The molecular weight excluding hydrogens is 594 g/mol. The predicted octanol–water partition coefficient (Wildman–Crippen LogP) is 5.66. The highest BCUT2D eigenvalue weighted by Gasteiger charge is 2.48. The summed E-state index contributed by atoms with van der Waals surface area (Å²) in [6.45, 7) is 6.67. The molecule has 240 valence electrons. The van der Waals surface area contributed by atoms with Crippen molar-refractivity contribution >= 4 is 29.2 Å². The summed E-state index contributed by atoms with van der Waals surface area (Å²) in [5, 5.41) is 14.4. The van der Waals surface area contributed by atoms with Gasteiger partial charge in [-0.2, -0.15) is 0 Å². The van der Waals surface area contributed by atoms with Crippen LogP contribution in [0.3, 0.4) is 0 Å². The van der Waals surface area contributed by atoms with E-state index in [1.807, 2.05) is 92.3 Å². The summed E-state index contributed by atoms with van der Waals surface area (Å²) in [6.07, 6.45) is 1.43. The molecule has 1 amide bonds. The topological polar surface area (TPSA) is 101 Å². The number of likely N-dealkylation sites (tertiary alicyclic amines) is 1. The molecular formula is C35H42ClN3O6. The Morgan fingerprint density at radius 1 is 0.978 bits per heavy atom. The first-order valence-electron chi connectivity index (χ1n) is 15.5. The van der Waals surface area contributed by atoms with Gasteiger partial charge in [0.2, 0.25) is 5.91 Å². The third kappa shape index (κ3) is 7.54. The van der Waals surface area contributed by atoms with Crippen LogP contribution in [0.5, 0.6) is 17.2 Å². The van der Waals surface area contributed by atoms with E-state index in [0.29, 0.717) is 61.5 Å². The zero-order valence-corrected chi connectivity index (χ0v) is 27.1. The van der Waals surface area contributed by atoms with E-state index >= 15 is 0 Å². The van der Waals surface area contributed by atoms with Crippen molar-refractivity contribution in [2.75, 3.05) is 58.9 Å². The number of likely N-dealkylation sites (N-methyl/N-ethyl adjacent to an activating group) is 1. The molecule has 3 aromatic rings. The number of ether oxygens (including phenoxy) is 3. The van der Waals surface area contributed by atoms with Crippen LogP contribution in [0, 0.1) is 5.92 Å². The largest absolute Gasteiger partial charge is 0.492 e. The van der Waals surface area contributed by atoms with Gasteiger partial charge >= 0.3 is 5.97 Å². The van der Waals surface area contributed by atoms with Crippen molar-refractivity contribution in [1.29, 1.82) is 0 Å². The van der Waals surface area contributed by atoms with Gasteiger partial charge < -0.3 is 29.5 Å². The summed E-state index contributed by atoms with van der Waals surface area (Å²) in [4.78, 5) is 30.8. The number of hydrogen-bond acceptors (Lipinski definition) is 7. The van der Waals surface area contributed by atoms with Crippen molar-refractivity contribution < 1.29 is 28.9 Å². The molecule has 2 N–H and O–H groups in total. The van der Waals surface area contributed by atoms with Crippen molar-refractivity contribution in [3.8, 4) is 17.2 Å². The molecule has 10 heteroatoms. The average Bonchev–Trinajstić information content (AvgIpc) is 3.40. The zero-order chi connectivity index (χ0) is 32.1. The monoisotopic (exact) mass is 635 g/mol. The van der Waals surface area contributed by atoms with Gasteiger partial charge in [0.25, 0.3) is 0 Å². The Labute approximate surface area is 270 Å². The van der Waals surface area contributed by atoms with Crippen molar-refractivity contribution in [2.24, 2.45) is 5.92 Å². The average molecular weight is 636 g/mol. The second kappa shape index (κ2) is 14.5. The number of halogens is 1. The molecule has 3 aromatic carbocycles. The number of carbonyl (C=O) groups is 2. The molecule has 5 rings (SSSR count). The molecule has 0 spiro atoms. The Balaban J connectivity index is 1.46. The lowest BCUT2D eigenvalue weighted by Gasteiger charge is -2.27. The fraction of sp³-hybridized carbons (Fsp3) is 0.429. The lowest BCUT2D eigenvalue weighted by molar-refractivity contribution is -0.143. The van der Waals surface area contributed by atoms with Crippen LogP contribution in [0.15, 0.2) is 54.6 Å². The van der Waals surface area contributed by atoms with E-state index in [1.54, 1.807) is 0 Å². The molecule has 0 aromatic heterocycles. The van der Waals surface area contributed by atoms with Crippen LogP contribution in [0.1, 0.15) is 48.1 Å². The van der Waals surface area contributed by atoms with Crippen LogP contribution in [-0.4, -0.2) is 80.3 Å². The quantitative estimate of drug-likeness (QED) is 0.263. The number of fused-ring (bicyclic) bond motifs is 1. The molecule has 3 atom stereocenters. The molecule has 1 saturated heterocycles. The minimum absolute atomic E-state index is 0.0194. The summed E-state index contributed by atoms with van der Waals surface area (Å²) in [6, 6.07) is 16.4. The summed E-state index contributed by atoms with van der Waals surface area (Å²) in [7, 11) is 3.97. The molecule has 45 heavy (non-hydrogen) atoms. The highest BCUT2D eigenvalue weighted by atomic mass is 35.5. The van der Waals surface area contributed by atoms with Gasteiger partial charge in [-0.05, 0) is 85.6 Å². The van der Waals surface area contributed by atoms with Crippen LogP contribution < -0.4 is 19.5 Å². The van der Waals surface area contributed by atoms with Crippen molar-refractivity contribution in [3.63, 3.8) is 0 Å². The van der Waals surface area contributed by atoms with Crippen molar-refractivity contribution in [1.82, 2.24) is 9.80 Å². The molecule has 9 nitrogen and oxygen atoms in total. The molecule has 0 aliphatic carbocycles. The first-order valence-corrected chi connectivity index (χ1v) is 15.9. The van der Waals surface area contributed by atoms with E-state index in [2.05, 4.69) is 5.32 Å². The molecule has 0 unspecified atom stereocenters. The number of nitrogens with zero attached hydrogens (tertiary/aromatic N) is 2. The molecule has 0 bridgehead atoms. The maximum atomic E-state index is 13.7. The maximum Gasteiger partial charge on any atom is 0.309 e. The fourth-order valence-electron chi connectivity index (χ4n) is 6.33. The SMILES string of the molecule is CCc1cc(Cl)cc(CC)c1NC(=O)CN1C[C@H](c2ccc3c(c2)OCCO3)[C@@H](C(=O)O)[C@@H]1c1ccc(OCCN(C)C)cc1. The molecule has 2 aliphatic rings. The van der Waals surface area contributed by atoms with E-state index in [1.165, 1.54) is 0 Å². The van der Waals surface area contributed by atoms with E-state index in [9.17, 15) is 14.7 Å². The number of benzene rings is 3. The minimum atomic E-state index is -0.923. The Hall–Kier alpha value is -3.79. The number of hydrogen-bond donors (Lipinski definition) is 2. The Kier molecular flexibility index (Phi) is 10.5. The lowest BCUT2D eigenvalue weighted by atomic mass is 9.82. The van der Waals surface area contributed by atoms with Crippen LogP contribution in [0.25, 0.3) is 0 Å². The van der Waals surface area contributed by atoms with Gasteiger partial charge in [0.15, 0.2) is 11.5 Å². The third-order valence-corrected chi connectivity index (χ3v) is 8.76. The Bertz CT molecular complexity index is 1490. The van der Waals surface area contributed by atoms with Crippen LogP contribution in [0.2, 0.25) is 5.02 Å². The summed E-state index contributed by atoms with van der Waals surface area (Å²) < 4.78 is 17.4. The minimum Gasteiger partial charge on any atom is -0.492 e. The number of anilines is 1. The maximum absolute atomic E-state index is 13.7. The van der Waals surface area contributed by atoms with Gasteiger partial charge in [-0.15, -0.1) is 0 Å². The van der Waals surface area contributed by atoms with E-state index in [0.717, 1.165) is 34.5 Å². The number of carboxylic acids is 1. The Morgan fingerprint density at radius 3 is 2.24 bits per heavy atom. The number of carboxylic acid groups (broad SMARTS) is 1. The van der Waals surface area contributed by atoms with E-state index < -0.39 is 17.9 Å². The predicted molar refractivity (Wildman–Crippen MR) is 175 cm³/mol. The summed E-state index contributed by atoms with van der Waals surface area (Å²) in [5.41, 5.74) is 4.36. The first-order chi connectivity index (χ1) is 21.7. The van der Waals surface area contributed by atoms with Crippen molar-refractivity contribution in [2.45, 2.75) is 38.6 Å². The van der Waals surface area contributed by atoms with E-state index in [4.69, 9.17) is 25.8 Å². The van der Waals surface area contributed by atoms with Gasteiger partial charge in [-0.1, -0.05) is 43.6 Å². The number of aliphatic carboxylic acids is 1. The Morgan fingerprint density at radius 2 is 1.62 bits per heavy atom. The molecule has 0 radical (unpaired) electrons. The second-order valence-corrected chi connectivity index (χ2v) is 12.3. The van der Waals surface area contributed by atoms with Gasteiger partial charge in [0.1, 0.15) is 25.6 Å². The van der Waals surface area contributed by atoms with Crippen LogP contribution >= 0.6 is 11.6 Å². The number of carbonyl (C=O) groups excluding carboxylic acids is 1. The summed E-state index contributed by atoms with van der Waals surface area (Å²) >= 11 is 6.35. The molecule has 2 aliphatic heterocycles. The van der Waals surface area contributed by atoms with E-state index in [-0.39, 0.29) is 18.4 Å². The van der Waals surface area contributed by atoms with Crippen molar-refractivity contribution in [3.05, 3.63) is 81.9 Å². The van der Waals surface area contributed by atoms with Gasteiger partial charge in [0, 0.05) is 35.8 Å². The van der Waals surface area contributed by atoms with Gasteiger partial charge in [0.05, 0.1) is 12.5 Å². The van der Waals surface area contributed by atoms with Crippen LogP contribution in [-0.2, 0) is 22.4 Å². The number of amides is 1. The normalized spacial score (nSPS) is 19.5. The third-order valence-electron chi connectivity index (χ3n) is 8.55. The zero-order valence-electron chi connectivity index (χ0n) is 26.3. The fourth-order valence-corrected chi connectivity index (χ4v) is 6.60. The second-order valence-electron chi connectivity index (χ2n) is 11.8. The summed E-state index contributed by atoms with van der Waals surface area (Å²) in [5.74, 6) is -0.365. The highest BCUT2D eigenvalue weighted by Crippen LogP contribution is 2.47. The van der Waals surface area contributed by atoms with Gasteiger partial charge in [-0.3, -0.25) is 14.5 Å². The standard InChI is InChI=1S/C35H42ClN3O6/c1-5-22-17-26(36)18-23(6-2)33(22)37-31(40)21-39-20-28(25-9-12-29-30(19-25)45-16-15-44-29)32(35(41)42)34(39)24-7-10-27(11-8-24)43-14-13-38(3)4/h7-12,17-19,28,32,34H,5-6,13-16,20-21H2,1-4H3,(H,37,40)(H,41,42)/t28-,32-,34+/m1/s1.